The van der Waals surface area contributed by atoms with Gasteiger partial charge in [-0.05, 0) is 25.3 Å². The van der Waals surface area contributed by atoms with Crippen LogP contribution in [0.5, 0.6) is 0 Å². The molecule has 0 aliphatic rings. The Morgan fingerprint density at radius 2 is 2.05 bits per heavy atom. The van der Waals surface area contributed by atoms with Gasteiger partial charge in [0.25, 0.3) is 0 Å². The fourth-order valence-corrected chi connectivity index (χ4v) is 4.09. The van der Waals surface area contributed by atoms with Crippen molar-refractivity contribution in [1.82, 2.24) is 10.2 Å². The van der Waals surface area contributed by atoms with E-state index in [1.165, 1.54) is 23.1 Å². The summed E-state index contributed by atoms with van der Waals surface area (Å²) in [5.41, 5.74) is 0.619. The minimum atomic E-state index is -0.270. The Bertz CT molecular complexity index is 605. The molecule has 2 rings (SSSR count). The Morgan fingerprint density at radius 1 is 1.35 bits per heavy atom. The summed E-state index contributed by atoms with van der Waals surface area (Å²) in [6, 6.07) is 7.16. The van der Waals surface area contributed by atoms with Crippen LogP contribution in [0.2, 0.25) is 5.02 Å². The van der Waals surface area contributed by atoms with Gasteiger partial charge in [-0.15, -0.1) is 10.2 Å². The van der Waals surface area contributed by atoms with E-state index in [4.69, 9.17) is 11.6 Å². The van der Waals surface area contributed by atoms with Gasteiger partial charge < -0.3 is 5.32 Å². The second-order valence-electron chi connectivity index (χ2n) is 3.77. The number of hydrogen-bond acceptors (Lipinski definition) is 6. The Kier molecular flexibility index (Phi) is 5.71. The van der Waals surface area contributed by atoms with E-state index < -0.39 is 0 Å². The number of para-hydroxylation sites is 1. The van der Waals surface area contributed by atoms with Crippen molar-refractivity contribution >= 4 is 58.1 Å². The van der Waals surface area contributed by atoms with Gasteiger partial charge in [0.05, 0.1) is 16.0 Å². The fraction of sp³-hybridized carbons (Fsp3) is 0.250. The maximum Gasteiger partial charge on any atom is 0.237 e. The molecule has 0 fully saturated rings. The molecule has 1 heterocycles. The number of anilines is 1. The molecule has 1 aromatic heterocycles. The highest BCUT2D eigenvalue weighted by molar-refractivity contribution is 8.03. The van der Waals surface area contributed by atoms with Gasteiger partial charge >= 0.3 is 0 Å². The standard InChI is InChI=1S/C12H12ClN3OS3/c1-7(19-12-16-15-11(18-2)20-12)10(17)14-9-6-4-3-5-8(9)13/h3-7H,1-2H3,(H,14,17)/t7-/m0/s1. The van der Waals surface area contributed by atoms with Crippen molar-refractivity contribution in [3.8, 4) is 0 Å². The molecule has 0 spiro atoms. The quantitative estimate of drug-likeness (QED) is 0.829. The minimum absolute atomic E-state index is 0.107. The summed E-state index contributed by atoms with van der Waals surface area (Å²) in [4.78, 5) is 12.1. The first kappa shape index (κ1) is 15.6. The number of carbonyl (C=O) groups is 1. The molecule has 20 heavy (non-hydrogen) atoms. The summed E-state index contributed by atoms with van der Waals surface area (Å²) in [6.45, 7) is 1.83. The Labute approximate surface area is 134 Å². The largest absolute Gasteiger partial charge is 0.324 e. The number of carbonyl (C=O) groups excluding carboxylic acids is 1. The molecule has 1 N–H and O–H groups in total. The lowest BCUT2D eigenvalue weighted by Crippen LogP contribution is -2.22. The maximum absolute atomic E-state index is 12.1. The Morgan fingerprint density at radius 3 is 2.70 bits per heavy atom. The molecule has 0 unspecified atom stereocenters. The Balaban J connectivity index is 1.97. The number of hydrogen-bond donors (Lipinski definition) is 1. The van der Waals surface area contributed by atoms with Crippen LogP contribution < -0.4 is 5.32 Å². The van der Waals surface area contributed by atoms with E-state index in [-0.39, 0.29) is 11.2 Å². The average Bonchev–Trinajstić information content (AvgIpc) is 2.89. The molecule has 2 aromatic rings. The van der Waals surface area contributed by atoms with Crippen LogP contribution >= 0.6 is 46.5 Å². The predicted molar refractivity (Wildman–Crippen MR) is 87.1 cm³/mol. The van der Waals surface area contributed by atoms with Crippen LogP contribution in [0.3, 0.4) is 0 Å². The summed E-state index contributed by atoms with van der Waals surface area (Å²) in [6.07, 6.45) is 1.95. The lowest BCUT2D eigenvalue weighted by Gasteiger charge is -2.11. The first-order valence-corrected chi connectivity index (χ1v) is 8.99. The molecule has 0 aliphatic carbocycles. The van der Waals surface area contributed by atoms with E-state index in [1.54, 1.807) is 23.9 Å². The molecular formula is C12H12ClN3OS3. The number of benzene rings is 1. The molecule has 4 nitrogen and oxygen atoms in total. The zero-order valence-electron chi connectivity index (χ0n) is 10.8. The van der Waals surface area contributed by atoms with Gasteiger partial charge in [0.1, 0.15) is 0 Å². The molecule has 0 saturated heterocycles. The fourth-order valence-electron chi connectivity index (χ4n) is 1.33. The molecule has 0 bridgehead atoms. The van der Waals surface area contributed by atoms with Crippen LogP contribution in [0.15, 0.2) is 32.9 Å². The Hall–Kier alpha value is -0.760. The van der Waals surface area contributed by atoms with E-state index >= 15 is 0 Å². The monoisotopic (exact) mass is 345 g/mol. The van der Waals surface area contributed by atoms with Gasteiger partial charge in [-0.1, -0.05) is 58.6 Å². The summed E-state index contributed by atoms with van der Waals surface area (Å²) in [5.74, 6) is -0.107. The van der Waals surface area contributed by atoms with E-state index in [0.717, 1.165) is 8.68 Å². The van der Waals surface area contributed by atoms with Crippen LogP contribution in [0, 0.1) is 0 Å². The number of halogens is 1. The highest BCUT2D eigenvalue weighted by Gasteiger charge is 2.17. The lowest BCUT2D eigenvalue weighted by molar-refractivity contribution is -0.115. The number of aromatic nitrogens is 2. The molecule has 106 valence electrons. The first-order chi connectivity index (χ1) is 9.60. The van der Waals surface area contributed by atoms with Crippen molar-refractivity contribution in [3.63, 3.8) is 0 Å². The lowest BCUT2D eigenvalue weighted by atomic mass is 10.3. The minimum Gasteiger partial charge on any atom is -0.324 e. The molecule has 1 aromatic carbocycles. The van der Waals surface area contributed by atoms with Crippen LogP contribution in [-0.4, -0.2) is 27.6 Å². The van der Waals surface area contributed by atoms with Gasteiger partial charge in [-0.2, -0.15) is 0 Å². The molecule has 8 heteroatoms. The van der Waals surface area contributed by atoms with Gasteiger partial charge in [-0.3, -0.25) is 4.79 Å². The number of nitrogens with one attached hydrogen (secondary N) is 1. The molecule has 0 saturated carbocycles. The molecule has 0 radical (unpaired) electrons. The number of amides is 1. The third-order valence-corrected chi connectivity index (χ3v) is 5.75. The smallest absolute Gasteiger partial charge is 0.237 e. The van der Waals surface area contributed by atoms with Crippen molar-refractivity contribution in [2.75, 3.05) is 11.6 Å². The summed E-state index contributed by atoms with van der Waals surface area (Å²) in [7, 11) is 0. The highest BCUT2D eigenvalue weighted by Crippen LogP contribution is 2.31. The zero-order valence-corrected chi connectivity index (χ0v) is 14.0. The van der Waals surface area contributed by atoms with Crippen LogP contribution in [0.4, 0.5) is 5.69 Å². The van der Waals surface area contributed by atoms with Gasteiger partial charge in [0.2, 0.25) is 5.91 Å². The van der Waals surface area contributed by atoms with Crippen molar-refractivity contribution in [1.29, 1.82) is 0 Å². The highest BCUT2D eigenvalue weighted by atomic mass is 35.5. The normalized spacial score (nSPS) is 12.2. The van der Waals surface area contributed by atoms with E-state index in [9.17, 15) is 4.79 Å². The summed E-state index contributed by atoms with van der Waals surface area (Å²) in [5, 5.41) is 11.1. The van der Waals surface area contributed by atoms with E-state index in [2.05, 4.69) is 15.5 Å². The molecule has 1 atom stereocenters. The van der Waals surface area contributed by atoms with Crippen LogP contribution in [0.25, 0.3) is 0 Å². The third kappa shape index (κ3) is 4.12. The topological polar surface area (TPSA) is 54.9 Å². The van der Waals surface area contributed by atoms with Crippen molar-refractivity contribution in [3.05, 3.63) is 29.3 Å². The number of nitrogens with zero attached hydrogens (tertiary/aromatic N) is 2. The number of thioether (sulfide) groups is 2. The van der Waals surface area contributed by atoms with Gasteiger partial charge in [0.15, 0.2) is 8.68 Å². The summed E-state index contributed by atoms with van der Waals surface area (Å²) < 4.78 is 1.68. The summed E-state index contributed by atoms with van der Waals surface area (Å²) >= 11 is 10.4. The van der Waals surface area contributed by atoms with Crippen LogP contribution in [-0.2, 0) is 4.79 Å². The predicted octanol–water partition coefficient (Wildman–Crippen LogP) is 4.03. The third-order valence-electron chi connectivity index (χ3n) is 2.34. The maximum atomic E-state index is 12.1. The first-order valence-electron chi connectivity index (χ1n) is 5.69. The zero-order chi connectivity index (χ0) is 14.5. The van der Waals surface area contributed by atoms with E-state index in [1.807, 2.05) is 25.3 Å². The van der Waals surface area contributed by atoms with Gasteiger partial charge in [0, 0.05) is 0 Å². The van der Waals surface area contributed by atoms with Crippen molar-refractivity contribution in [2.24, 2.45) is 0 Å². The molecule has 1 amide bonds. The van der Waals surface area contributed by atoms with Gasteiger partial charge in [-0.25, -0.2) is 0 Å². The van der Waals surface area contributed by atoms with E-state index in [0.29, 0.717) is 10.7 Å². The second kappa shape index (κ2) is 7.31. The SMILES string of the molecule is CSc1nnc(S[C@@H](C)C(=O)Nc2ccccc2Cl)s1. The second-order valence-corrected chi connectivity index (χ2v) is 7.79. The molecule has 0 aliphatic heterocycles. The molecular weight excluding hydrogens is 334 g/mol. The van der Waals surface area contributed by atoms with Crippen molar-refractivity contribution < 1.29 is 4.79 Å². The van der Waals surface area contributed by atoms with Crippen molar-refractivity contribution in [2.45, 2.75) is 20.9 Å². The van der Waals surface area contributed by atoms with Crippen LogP contribution in [0.1, 0.15) is 6.92 Å². The average molecular weight is 346 g/mol. The number of rotatable bonds is 5.